The van der Waals surface area contributed by atoms with E-state index in [0.29, 0.717) is 0 Å². The topological polar surface area (TPSA) is 29.3 Å². The zero-order valence-corrected chi connectivity index (χ0v) is 9.29. The molecule has 1 heterocycles. The van der Waals surface area contributed by atoms with E-state index in [0.717, 1.165) is 24.5 Å². The predicted molar refractivity (Wildman–Crippen MR) is 57.7 cm³/mol. The van der Waals surface area contributed by atoms with Crippen LogP contribution in [0.1, 0.15) is 40.0 Å². The van der Waals surface area contributed by atoms with Gasteiger partial charge in [-0.05, 0) is 39.2 Å². The molecule has 0 spiro atoms. The molecule has 3 atom stereocenters. The third-order valence-electron chi connectivity index (χ3n) is 3.32. The number of hydrogen-bond donors (Lipinski definition) is 1. The lowest BCUT2D eigenvalue weighted by molar-refractivity contribution is 0.189. The molecule has 78 valence electrons. The average molecular weight is 184 g/mol. The molecule has 1 rings (SSSR count). The summed E-state index contributed by atoms with van der Waals surface area (Å²) in [7, 11) is 0. The van der Waals surface area contributed by atoms with Crippen LogP contribution in [0.2, 0.25) is 0 Å². The van der Waals surface area contributed by atoms with E-state index in [2.05, 4.69) is 25.7 Å². The normalized spacial score (nSPS) is 32.3. The Bertz CT molecular complexity index is 147. The molecule has 0 amide bonds. The van der Waals surface area contributed by atoms with E-state index in [1.54, 1.807) is 0 Å². The molecule has 2 N–H and O–H groups in total. The van der Waals surface area contributed by atoms with Crippen LogP contribution in [0.4, 0.5) is 0 Å². The third kappa shape index (κ3) is 2.68. The highest BCUT2D eigenvalue weighted by molar-refractivity contribution is 4.85. The summed E-state index contributed by atoms with van der Waals surface area (Å²) in [6.45, 7) is 9.02. The molecule has 2 nitrogen and oxygen atoms in total. The Labute approximate surface area is 82.5 Å². The number of hydrogen-bond acceptors (Lipinski definition) is 2. The van der Waals surface area contributed by atoms with Crippen molar-refractivity contribution >= 4 is 0 Å². The van der Waals surface area contributed by atoms with Gasteiger partial charge in [-0.1, -0.05) is 13.3 Å². The highest BCUT2D eigenvalue weighted by Gasteiger charge is 2.30. The summed E-state index contributed by atoms with van der Waals surface area (Å²) in [6.07, 6.45) is 3.91. The Morgan fingerprint density at radius 1 is 1.54 bits per heavy atom. The van der Waals surface area contributed by atoms with Gasteiger partial charge in [-0.25, -0.2) is 0 Å². The fourth-order valence-corrected chi connectivity index (χ4v) is 2.54. The Morgan fingerprint density at radius 2 is 2.23 bits per heavy atom. The van der Waals surface area contributed by atoms with Crippen LogP contribution in [0.5, 0.6) is 0 Å². The van der Waals surface area contributed by atoms with Gasteiger partial charge in [0, 0.05) is 18.6 Å². The quantitative estimate of drug-likeness (QED) is 0.722. The number of nitrogens with zero attached hydrogens (tertiary/aromatic N) is 1. The molecule has 0 saturated carbocycles. The van der Waals surface area contributed by atoms with Gasteiger partial charge in [-0.3, -0.25) is 4.90 Å². The van der Waals surface area contributed by atoms with Crippen LogP contribution in [0, 0.1) is 5.92 Å². The van der Waals surface area contributed by atoms with Crippen molar-refractivity contribution < 1.29 is 0 Å². The molecule has 0 aromatic rings. The maximum Gasteiger partial charge on any atom is 0.00734 e. The van der Waals surface area contributed by atoms with E-state index in [1.807, 2.05) is 0 Å². The smallest absolute Gasteiger partial charge is 0.00734 e. The summed E-state index contributed by atoms with van der Waals surface area (Å²) in [5.41, 5.74) is 5.71. The van der Waals surface area contributed by atoms with Gasteiger partial charge in [0.25, 0.3) is 0 Å². The van der Waals surface area contributed by atoms with E-state index >= 15 is 0 Å². The van der Waals surface area contributed by atoms with E-state index in [-0.39, 0.29) is 0 Å². The third-order valence-corrected chi connectivity index (χ3v) is 3.32. The Kier molecular flexibility index (Phi) is 4.20. The van der Waals surface area contributed by atoms with Crippen molar-refractivity contribution in [2.75, 3.05) is 13.1 Å². The maximum absolute atomic E-state index is 5.71. The molecule has 2 heteroatoms. The Hall–Kier alpha value is -0.0800. The van der Waals surface area contributed by atoms with Crippen LogP contribution < -0.4 is 5.73 Å². The second-order valence-electron chi connectivity index (χ2n) is 4.52. The second kappa shape index (κ2) is 4.97. The largest absolute Gasteiger partial charge is 0.330 e. The van der Waals surface area contributed by atoms with Gasteiger partial charge in [0.1, 0.15) is 0 Å². The summed E-state index contributed by atoms with van der Waals surface area (Å²) in [4.78, 5) is 2.63. The molecule has 0 radical (unpaired) electrons. The van der Waals surface area contributed by atoms with Gasteiger partial charge in [-0.15, -0.1) is 0 Å². The molecule has 0 bridgehead atoms. The molecular formula is C11H24N2. The Morgan fingerprint density at radius 3 is 2.69 bits per heavy atom. The monoisotopic (exact) mass is 184 g/mol. The molecule has 0 aliphatic carbocycles. The number of likely N-dealkylation sites (tertiary alicyclic amines) is 1. The minimum atomic E-state index is 0.745. The lowest BCUT2D eigenvalue weighted by Gasteiger charge is -2.28. The van der Waals surface area contributed by atoms with Crippen molar-refractivity contribution in [1.82, 2.24) is 4.90 Å². The van der Waals surface area contributed by atoms with Gasteiger partial charge in [0.05, 0.1) is 0 Å². The van der Waals surface area contributed by atoms with Gasteiger partial charge < -0.3 is 5.73 Å². The molecule has 0 aromatic heterocycles. The van der Waals surface area contributed by atoms with Gasteiger partial charge >= 0.3 is 0 Å². The van der Waals surface area contributed by atoms with Gasteiger partial charge in [0.15, 0.2) is 0 Å². The molecule has 1 aliphatic rings. The standard InChI is InChI=1S/C11H24N2/c1-4-5-9(2)13-8-11(7-12)6-10(13)3/h9-11H,4-8,12H2,1-3H3. The van der Waals surface area contributed by atoms with E-state index in [9.17, 15) is 0 Å². The number of nitrogens with two attached hydrogens (primary N) is 1. The van der Waals surface area contributed by atoms with Crippen LogP contribution in [0.3, 0.4) is 0 Å². The molecular weight excluding hydrogens is 160 g/mol. The van der Waals surface area contributed by atoms with Crippen molar-refractivity contribution in [3.8, 4) is 0 Å². The molecule has 1 fully saturated rings. The highest BCUT2D eigenvalue weighted by atomic mass is 15.2. The van der Waals surface area contributed by atoms with Crippen LogP contribution in [-0.2, 0) is 0 Å². The molecule has 1 aliphatic heterocycles. The van der Waals surface area contributed by atoms with Crippen molar-refractivity contribution in [2.45, 2.75) is 52.1 Å². The summed E-state index contributed by atoms with van der Waals surface area (Å²) in [6, 6.07) is 1.49. The van der Waals surface area contributed by atoms with Crippen LogP contribution in [-0.4, -0.2) is 30.1 Å². The lowest BCUT2D eigenvalue weighted by Crippen LogP contribution is -2.36. The molecule has 1 saturated heterocycles. The van der Waals surface area contributed by atoms with Crippen LogP contribution in [0.15, 0.2) is 0 Å². The zero-order chi connectivity index (χ0) is 9.84. The fourth-order valence-electron chi connectivity index (χ4n) is 2.54. The second-order valence-corrected chi connectivity index (χ2v) is 4.52. The van der Waals surface area contributed by atoms with Crippen molar-refractivity contribution in [3.63, 3.8) is 0 Å². The zero-order valence-electron chi connectivity index (χ0n) is 9.29. The fraction of sp³-hybridized carbons (Fsp3) is 1.00. The summed E-state index contributed by atoms with van der Waals surface area (Å²) < 4.78 is 0. The van der Waals surface area contributed by atoms with Crippen LogP contribution in [0.25, 0.3) is 0 Å². The maximum atomic E-state index is 5.71. The molecule has 13 heavy (non-hydrogen) atoms. The van der Waals surface area contributed by atoms with E-state index < -0.39 is 0 Å². The van der Waals surface area contributed by atoms with Crippen LogP contribution >= 0.6 is 0 Å². The SMILES string of the molecule is CCCC(C)N1CC(CN)CC1C. The summed E-state index contributed by atoms with van der Waals surface area (Å²) in [5.74, 6) is 0.745. The molecule has 3 unspecified atom stereocenters. The lowest BCUT2D eigenvalue weighted by atomic mass is 10.1. The number of rotatable bonds is 4. The first-order valence-corrected chi connectivity index (χ1v) is 5.64. The van der Waals surface area contributed by atoms with E-state index in [4.69, 9.17) is 5.73 Å². The highest BCUT2D eigenvalue weighted by Crippen LogP contribution is 2.25. The first-order chi connectivity index (χ1) is 6.19. The van der Waals surface area contributed by atoms with Crippen molar-refractivity contribution in [3.05, 3.63) is 0 Å². The van der Waals surface area contributed by atoms with Crippen molar-refractivity contribution in [2.24, 2.45) is 11.7 Å². The first-order valence-electron chi connectivity index (χ1n) is 5.64. The van der Waals surface area contributed by atoms with Crippen molar-refractivity contribution in [1.29, 1.82) is 0 Å². The molecule has 0 aromatic carbocycles. The minimum Gasteiger partial charge on any atom is -0.330 e. The predicted octanol–water partition coefficient (Wildman–Crippen LogP) is 1.84. The van der Waals surface area contributed by atoms with Gasteiger partial charge in [-0.2, -0.15) is 0 Å². The summed E-state index contributed by atoms with van der Waals surface area (Å²) >= 11 is 0. The Balaban J connectivity index is 2.41. The average Bonchev–Trinajstić information content (AvgIpc) is 2.47. The van der Waals surface area contributed by atoms with Gasteiger partial charge in [0.2, 0.25) is 0 Å². The first kappa shape index (κ1) is 11.0. The summed E-state index contributed by atoms with van der Waals surface area (Å²) in [5, 5.41) is 0. The van der Waals surface area contributed by atoms with E-state index in [1.165, 1.54) is 25.8 Å². The minimum absolute atomic E-state index is 0.745.